The largest absolute Gasteiger partial charge is 0.493 e. The van der Waals surface area contributed by atoms with E-state index in [0.29, 0.717) is 24.7 Å². The Morgan fingerprint density at radius 3 is 2.47 bits per heavy atom. The summed E-state index contributed by atoms with van der Waals surface area (Å²) < 4.78 is 18.1. The summed E-state index contributed by atoms with van der Waals surface area (Å²) in [6.07, 6.45) is 3.65. The molecular formula is C23H24N4O3. The first-order chi connectivity index (χ1) is 14.8. The van der Waals surface area contributed by atoms with Gasteiger partial charge in [-0.1, -0.05) is 30.3 Å². The van der Waals surface area contributed by atoms with Crippen LogP contribution in [0.15, 0.2) is 61.1 Å². The minimum atomic E-state index is 0.586. The Bertz CT molecular complexity index is 1140. The highest BCUT2D eigenvalue weighted by Crippen LogP contribution is 2.37. The van der Waals surface area contributed by atoms with Crippen molar-refractivity contribution >= 4 is 16.9 Å². The predicted octanol–water partition coefficient (Wildman–Crippen LogP) is 4.16. The lowest BCUT2D eigenvalue weighted by atomic mass is 10.1. The molecule has 0 aliphatic carbocycles. The molecule has 2 aromatic heterocycles. The monoisotopic (exact) mass is 404 g/mol. The number of benzene rings is 2. The molecule has 0 unspecified atom stereocenters. The molecule has 2 heterocycles. The second-order valence-electron chi connectivity index (χ2n) is 6.66. The standard InChI is InChI=1S/C23H24N4O3/c1-28-12-11-24-22-21-18(16-7-5-4-6-8-16)14-27(23(21)26-15-25-22)17-9-10-19(29-2)20(13-17)30-3/h4-10,13-15H,11-12H2,1-3H3,(H,24,25,26). The average molecular weight is 404 g/mol. The zero-order chi connectivity index (χ0) is 20.9. The smallest absolute Gasteiger partial charge is 0.162 e. The topological polar surface area (TPSA) is 70.4 Å². The van der Waals surface area contributed by atoms with E-state index >= 15 is 0 Å². The van der Waals surface area contributed by atoms with E-state index in [-0.39, 0.29) is 0 Å². The van der Waals surface area contributed by atoms with Crippen molar-refractivity contribution < 1.29 is 14.2 Å². The first-order valence-electron chi connectivity index (χ1n) is 9.63. The molecule has 4 aromatic rings. The number of methoxy groups -OCH3 is 3. The highest BCUT2D eigenvalue weighted by Gasteiger charge is 2.18. The van der Waals surface area contributed by atoms with Gasteiger partial charge >= 0.3 is 0 Å². The fraction of sp³-hybridized carbons (Fsp3) is 0.217. The van der Waals surface area contributed by atoms with Crippen molar-refractivity contribution in [2.24, 2.45) is 0 Å². The third-order valence-electron chi connectivity index (χ3n) is 4.91. The Morgan fingerprint density at radius 2 is 1.73 bits per heavy atom. The molecule has 30 heavy (non-hydrogen) atoms. The van der Waals surface area contributed by atoms with Gasteiger partial charge in [-0.2, -0.15) is 0 Å². The highest BCUT2D eigenvalue weighted by atomic mass is 16.5. The Hall–Kier alpha value is -3.58. The van der Waals surface area contributed by atoms with Gasteiger partial charge in [0.1, 0.15) is 12.1 Å². The Balaban J connectivity index is 1.92. The van der Waals surface area contributed by atoms with Crippen LogP contribution in [0.3, 0.4) is 0 Å². The number of hydrogen-bond acceptors (Lipinski definition) is 6. The minimum Gasteiger partial charge on any atom is -0.493 e. The molecule has 0 fully saturated rings. The molecule has 0 amide bonds. The van der Waals surface area contributed by atoms with Crippen LogP contribution in [0, 0.1) is 0 Å². The number of fused-ring (bicyclic) bond motifs is 1. The van der Waals surface area contributed by atoms with Crippen LogP contribution in [0.4, 0.5) is 5.82 Å². The molecule has 4 rings (SSSR count). The van der Waals surface area contributed by atoms with Crippen LogP contribution in [0.25, 0.3) is 27.8 Å². The van der Waals surface area contributed by atoms with Crippen LogP contribution >= 0.6 is 0 Å². The number of rotatable bonds is 8. The summed E-state index contributed by atoms with van der Waals surface area (Å²) in [7, 11) is 4.94. The van der Waals surface area contributed by atoms with Crippen LogP contribution in [0.5, 0.6) is 11.5 Å². The molecule has 0 saturated heterocycles. The van der Waals surface area contributed by atoms with Gasteiger partial charge in [-0.25, -0.2) is 9.97 Å². The summed E-state index contributed by atoms with van der Waals surface area (Å²) in [5.74, 6) is 2.11. The van der Waals surface area contributed by atoms with Crippen molar-refractivity contribution in [2.75, 3.05) is 39.8 Å². The molecule has 0 bridgehead atoms. The van der Waals surface area contributed by atoms with Gasteiger partial charge in [0, 0.05) is 31.5 Å². The summed E-state index contributed by atoms with van der Waals surface area (Å²) in [6, 6.07) is 16.0. The van der Waals surface area contributed by atoms with E-state index in [2.05, 4.69) is 33.6 Å². The van der Waals surface area contributed by atoms with E-state index in [1.807, 2.05) is 41.0 Å². The van der Waals surface area contributed by atoms with Crippen molar-refractivity contribution in [3.8, 4) is 28.3 Å². The predicted molar refractivity (Wildman–Crippen MR) is 118 cm³/mol. The molecule has 0 aliphatic heterocycles. The van der Waals surface area contributed by atoms with Gasteiger partial charge in [-0.15, -0.1) is 0 Å². The first-order valence-corrected chi connectivity index (χ1v) is 9.63. The number of nitrogens with zero attached hydrogens (tertiary/aromatic N) is 3. The number of anilines is 1. The summed E-state index contributed by atoms with van der Waals surface area (Å²) >= 11 is 0. The number of ether oxygens (including phenoxy) is 3. The van der Waals surface area contributed by atoms with Gasteiger partial charge in [-0.05, 0) is 17.7 Å². The van der Waals surface area contributed by atoms with Crippen molar-refractivity contribution in [2.45, 2.75) is 0 Å². The zero-order valence-corrected chi connectivity index (χ0v) is 17.3. The normalized spacial score (nSPS) is 10.9. The van der Waals surface area contributed by atoms with E-state index in [1.165, 1.54) is 0 Å². The number of nitrogens with one attached hydrogen (secondary N) is 1. The Labute approximate surface area is 175 Å². The molecule has 0 radical (unpaired) electrons. The van der Waals surface area contributed by atoms with Crippen molar-refractivity contribution in [1.82, 2.24) is 14.5 Å². The number of aromatic nitrogens is 3. The second kappa shape index (κ2) is 8.84. The van der Waals surface area contributed by atoms with Gasteiger partial charge in [0.05, 0.1) is 31.9 Å². The maximum Gasteiger partial charge on any atom is 0.162 e. The zero-order valence-electron chi connectivity index (χ0n) is 17.3. The van der Waals surface area contributed by atoms with E-state index < -0.39 is 0 Å². The quantitative estimate of drug-likeness (QED) is 0.445. The molecule has 154 valence electrons. The van der Waals surface area contributed by atoms with Crippen LogP contribution in [-0.2, 0) is 4.74 Å². The molecule has 0 saturated carbocycles. The van der Waals surface area contributed by atoms with Crippen molar-refractivity contribution in [1.29, 1.82) is 0 Å². The Kier molecular flexibility index (Phi) is 5.81. The number of hydrogen-bond donors (Lipinski definition) is 1. The van der Waals surface area contributed by atoms with Crippen molar-refractivity contribution in [3.63, 3.8) is 0 Å². The summed E-state index contributed by atoms with van der Waals surface area (Å²) in [6.45, 7) is 1.24. The molecule has 0 aliphatic rings. The molecular weight excluding hydrogens is 380 g/mol. The van der Waals surface area contributed by atoms with Gasteiger partial charge in [0.25, 0.3) is 0 Å². The van der Waals surface area contributed by atoms with E-state index in [9.17, 15) is 0 Å². The third-order valence-corrected chi connectivity index (χ3v) is 4.91. The lowest BCUT2D eigenvalue weighted by Gasteiger charge is -2.11. The second-order valence-corrected chi connectivity index (χ2v) is 6.66. The molecule has 2 aromatic carbocycles. The lowest BCUT2D eigenvalue weighted by molar-refractivity contribution is 0.210. The van der Waals surface area contributed by atoms with Gasteiger partial charge < -0.3 is 24.1 Å². The minimum absolute atomic E-state index is 0.586. The van der Waals surface area contributed by atoms with Crippen LogP contribution in [0.2, 0.25) is 0 Å². The fourth-order valence-corrected chi connectivity index (χ4v) is 3.48. The van der Waals surface area contributed by atoms with E-state index in [1.54, 1.807) is 27.7 Å². The summed E-state index contributed by atoms with van der Waals surface area (Å²) in [5.41, 5.74) is 3.85. The van der Waals surface area contributed by atoms with E-state index in [4.69, 9.17) is 14.2 Å². The van der Waals surface area contributed by atoms with Gasteiger partial charge in [0.15, 0.2) is 17.1 Å². The molecule has 7 nitrogen and oxygen atoms in total. The van der Waals surface area contributed by atoms with Crippen LogP contribution in [0.1, 0.15) is 0 Å². The van der Waals surface area contributed by atoms with Crippen LogP contribution < -0.4 is 14.8 Å². The maximum absolute atomic E-state index is 5.49. The lowest BCUT2D eigenvalue weighted by Crippen LogP contribution is -2.09. The highest BCUT2D eigenvalue weighted by molar-refractivity contribution is 6.02. The van der Waals surface area contributed by atoms with E-state index in [0.717, 1.165) is 33.7 Å². The molecule has 0 atom stereocenters. The summed E-state index contributed by atoms with van der Waals surface area (Å²) in [4.78, 5) is 9.10. The molecule has 0 spiro atoms. The summed E-state index contributed by atoms with van der Waals surface area (Å²) in [5, 5.41) is 4.32. The van der Waals surface area contributed by atoms with Gasteiger partial charge in [0.2, 0.25) is 0 Å². The van der Waals surface area contributed by atoms with Crippen molar-refractivity contribution in [3.05, 3.63) is 61.1 Å². The van der Waals surface area contributed by atoms with Gasteiger partial charge in [-0.3, -0.25) is 0 Å². The molecule has 7 heteroatoms. The third kappa shape index (κ3) is 3.67. The maximum atomic E-state index is 5.49. The fourth-order valence-electron chi connectivity index (χ4n) is 3.48. The SMILES string of the molecule is COCCNc1ncnc2c1c(-c1ccccc1)cn2-c1ccc(OC)c(OC)c1. The molecule has 1 N–H and O–H groups in total. The first kappa shape index (κ1) is 19.7. The average Bonchev–Trinajstić information content (AvgIpc) is 3.20. The Morgan fingerprint density at radius 1 is 0.933 bits per heavy atom. The van der Waals surface area contributed by atoms with Crippen LogP contribution in [-0.4, -0.2) is 49.0 Å².